The molecule has 1 unspecified atom stereocenters. The van der Waals surface area contributed by atoms with Crippen molar-refractivity contribution in [1.29, 1.82) is 0 Å². The molecule has 0 N–H and O–H groups in total. The lowest BCUT2D eigenvalue weighted by Crippen LogP contribution is -2.35. The van der Waals surface area contributed by atoms with Crippen LogP contribution in [0.5, 0.6) is 0 Å². The average Bonchev–Trinajstić information content (AvgIpc) is 3.56. The summed E-state index contributed by atoms with van der Waals surface area (Å²) in [5.41, 5.74) is 8.08. The molecule has 4 nitrogen and oxygen atoms in total. The van der Waals surface area contributed by atoms with Crippen molar-refractivity contribution in [3.8, 4) is 22.4 Å². The summed E-state index contributed by atoms with van der Waals surface area (Å²) in [5.74, 6) is 1.52. The molecule has 0 saturated carbocycles. The predicted octanol–water partition coefficient (Wildman–Crippen LogP) is 11.0. The molecule has 0 amide bonds. The van der Waals surface area contributed by atoms with Crippen LogP contribution in [0.25, 0.3) is 53.5 Å². The fraction of sp³-hybridized carbons (Fsp3) is 0.0682. The van der Waals surface area contributed by atoms with E-state index in [-0.39, 0.29) is 6.17 Å². The largest absolute Gasteiger partial charge is 0.333 e. The average molecular weight is 649 g/mol. The first-order valence-electron chi connectivity index (χ1n) is 16.3. The number of aromatic nitrogens is 1. The summed E-state index contributed by atoms with van der Waals surface area (Å²) in [6, 6.07) is 46.5. The van der Waals surface area contributed by atoms with Gasteiger partial charge in [0.25, 0.3) is 0 Å². The highest BCUT2D eigenvalue weighted by Crippen LogP contribution is 2.43. The van der Waals surface area contributed by atoms with Gasteiger partial charge in [-0.05, 0) is 60.0 Å². The van der Waals surface area contributed by atoms with Crippen molar-refractivity contribution in [2.45, 2.75) is 13.1 Å². The van der Waals surface area contributed by atoms with Crippen molar-refractivity contribution in [3.63, 3.8) is 0 Å². The normalized spacial score (nSPS) is 15.1. The summed E-state index contributed by atoms with van der Waals surface area (Å²) in [7, 11) is 2.06. The van der Waals surface area contributed by atoms with Crippen molar-refractivity contribution in [2.24, 2.45) is 9.98 Å². The molecule has 5 aromatic carbocycles. The van der Waals surface area contributed by atoms with Crippen LogP contribution in [0.1, 0.15) is 24.2 Å². The van der Waals surface area contributed by atoms with Gasteiger partial charge in [-0.2, -0.15) is 0 Å². The summed E-state index contributed by atoms with van der Waals surface area (Å²) >= 11 is 1.82. The van der Waals surface area contributed by atoms with Gasteiger partial charge in [-0.15, -0.1) is 11.3 Å². The smallest absolute Gasteiger partial charge is 0.159 e. The Morgan fingerprint density at radius 2 is 1.67 bits per heavy atom. The van der Waals surface area contributed by atoms with E-state index in [1.54, 1.807) is 0 Å². The fourth-order valence-corrected chi connectivity index (χ4v) is 7.69. The quantitative estimate of drug-likeness (QED) is 0.161. The Morgan fingerprint density at radius 3 is 2.49 bits per heavy atom. The molecular weight excluding hydrogens is 617 g/mol. The first-order chi connectivity index (χ1) is 24.1. The number of hydrogen-bond acceptors (Lipinski definition) is 5. The van der Waals surface area contributed by atoms with E-state index in [1.165, 1.54) is 14.8 Å². The second-order valence-corrected chi connectivity index (χ2v) is 13.0. The Hall–Kier alpha value is -6.09. The van der Waals surface area contributed by atoms with Gasteiger partial charge >= 0.3 is 0 Å². The zero-order valence-corrected chi connectivity index (χ0v) is 28.1. The second-order valence-electron chi connectivity index (χ2n) is 11.9. The van der Waals surface area contributed by atoms with Crippen LogP contribution >= 0.6 is 11.3 Å². The number of thiophene rings is 1. The van der Waals surface area contributed by atoms with E-state index in [2.05, 4.69) is 116 Å². The lowest BCUT2D eigenvalue weighted by molar-refractivity contribution is 0.383. The Kier molecular flexibility index (Phi) is 7.93. The van der Waals surface area contributed by atoms with Crippen LogP contribution in [-0.2, 0) is 0 Å². The van der Waals surface area contributed by atoms with Crippen LogP contribution in [0.3, 0.4) is 0 Å². The van der Waals surface area contributed by atoms with E-state index in [0.717, 1.165) is 61.2 Å². The van der Waals surface area contributed by atoms with Crippen molar-refractivity contribution >= 4 is 54.1 Å². The summed E-state index contributed by atoms with van der Waals surface area (Å²) in [6.45, 7) is 6.06. The highest BCUT2D eigenvalue weighted by molar-refractivity contribution is 7.26. The van der Waals surface area contributed by atoms with E-state index in [0.29, 0.717) is 5.84 Å². The Bertz CT molecular complexity index is 2490. The molecule has 0 spiro atoms. The number of aliphatic imine (C=N–C) groups is 2. The maximum atomic E-state index is 5.22. The second kappa shape index (κ2) is 12.8. The summed E-state index contributed by atoms with van der Waals surface area (Å²) in [5, 5.41) is 3.52. The van der Waals surface area contributed by atoms with Crippen LogP contribution in [0, 0.1) is 12.1 Å². The van der Waals surface area contributed by atoms with Crippen LogP contribution in [0.2, 0.25) is 0 Å². The van der Waals surface area contributed by atoms with Crippen LogP contribution < -0.4 is 0 Å². The van der Waals surface area contributed by atoms with Gasteiger partial charge in [0, 0.05) is 43.7 Å². The number of amidine groups is 2. The molecule has 0 saturated heterocycles. The number of benzene rings is 4. The number of fused-ring (bicyclic) bond motifs is 5. The van der Waals surface area contributed by atoms with E-state index in [1.807, 2.05) is 72.9 Å². The van der Waals surface area contributed by atoms with Gasteiger partial charge in [-0.1, -0.05) is 122 Å². The zero-order valence-electron chi connectivity index (χ0n) is 27.3. The molecule has 5 heteroatoms. The van der Waals surface area contributed by atoms with Crippen LogP contribution in [-0.4, -0.2) is 28.6 Å². The third kappa shape index (κ3) is 5.53. The van der Waals surface area contributed by atoms with Crippen molar-refractivity contribution < 1.29 is 0 Å². The van der Waals surface area contributed by atoms with Gasteiger partial charge in [0.1, 0.15) is 5.84 Å². The summed E-state index contributed by atoms with van der Waals surface area (Å²) in [4.78, 5) is 17.6. The minimum Gasteiger partial charge on any atom is -0.333 e. The Morgan fingerprint density at radius 1 is 0.857 bits per heavy atom. The molecule has 1 atom stereocenters. The van der Waals surface area contributed by atoms with Crippen molar-refractivity contribution in [1.82, 2.24) is 9.88 Å². The molecule has 1 aliphatic heterocycles. The molecule has 0 radical (unpaired) electrons. The summed E-state index contributed by atoms with van der Waals surface area (Å²) in [6.07, 6.45) is 7.53. The van der Waals surface area contributed by atoms with Gasteiger partial charge in [0.05, 0.1) is 16.8 Å². The standard InChI is InChI=1S/C44H32N4S/c1-4-6-16-29(5-2)42-46-43(31-19-11-8-12-20-31)48(3)44(47-42)34-22-15-21-32(27-34)33-25-26-37-36(28-33)41-39(35-23-13-14-24-38(35)49-41)40(45-37)30-17-9-7-10-18-30/h4-9,11-17,19-28,44H,2H2,1,3H3/b6-4-,29-16+. The molecule has 234 valence electrons. The predicted molar refractivity (Wildman–Crippen MR) is 207 cm³/mol. The maximum Gasteiger partial charge on any atom is 0.159 e. The number of allylic oxidation sites excluding steroid dienone is 3. The Labute approximate surface area is 290 Å². The molecule has 7 aromatic rings. The number of rotatable bonds is 7. The van der Waals surface area contributed by atoms with E-state index in [9.17, 15) is 0 Å². The molecule has 2 aromatic heterocycles. The molecule has 0 aliphatic carbocycles. The monoisotopic (exact) mass is 648 g/mol. The minimum atomic E-state index is -0.283. The van der Waals surface area contributed by atoms with E-state index < -0.39 is 0 Å². The lowest BCUT2D eigenvalue weighted by Gasteiger charge is -2.32. The number of hydrogen-bond donors (Lipinski definition) is 0. The van der Waals surface area contributed by atoms with Gasteiger partial charge in [-0.3, -0.25) is 0 Å². The third-order valence-corrected chi connectivity index (χ3v) is 10.1. The minimum absolute atomic E-state index is 0.283. The molecule has 3 heterocycles. The molecule has 49 heavy (non-hydrogen) atoms. The van der Waals surface area contributed by atoms with Gasteiger partial charge in [0.15, 0.2) is 12.0 Å². The molecule has 0 fully saturated rings. The lowest BCUT2D eigenvalue weighted by atomic mass is 9.98. The van der Waals surface area contributed by atoms with Crippen molar-refractivity contribution in [3.05, 3.63) is 175 Å². The van der Waals surface area contributed by atoms with E-state index in [4.69, 9.17) is 15.0 Å². The van der Waals surface area contributed by atoms with Crippen molar-refractivity contribution in [2.75, 3.05) is 7.05 Å². The topological polar surface area (TPSA) is 40.9 Å². The maximum absolute atomic E-state index is 5.22. The van der Waals surface area contributed by atoms with Crippen LogP contribution in [0.15, 0.2) is 162 Å². The molecule has 1 aliphatic rings. The number of nitrogens with zero attached hydrogens (tertiary/aromatic N) is 4. The van der Waals surface area contributed by atoms with Gasteiger partial charge in [-0.25, -0.2) is 15.0 Å². The Balaban J connectivity index is 1.26. The molecular formula is C44H32N4S. The molecule has 8 rings (SSSR count). The summed E-state index contributed by atoms with van der Waals surface area (Å²) < 4.78 is 2.47. The fourth-order valence-electron chi connectivity index (χ4n) is 6.46. The van der Waals surface area contributed by atoms with Crippen LogP contribution in [0.4, 0.5) is 0 Å². The zero-order chi connectivity index (χ0) is 33.3. The van der Waals surface area contributed by atoms with Gasteiger partial charge < -0.3 is 4.90 Å². The van der Waals surface area contributed by atoms with Gasteiger partial charge in [0.2, 0.25) is 0 Å². The molecule has 0 bridgehead atoms. The first kappa shape index (κ1) is 30.3. The van der Waals surface area contributed by atoms with E-state index >= 15 is 0 Å². The first-order valence-corrected chi connectivity index (χ1v) is 17.1. The number of pyridine rings is 1. The highest BCUT2D eigenvalue weighted by atomic mass is 32.1. The SMILES string of the molecule is C=C/C(=C\C=C/C)C1=NC(c2cccc(-c3ccc4nc(-c5c#cccc5)c5c6ccccc6sc5c4c3)c2)N(C)C(c2ccccc2)=N1. The highest BCUT2D eigenvalue weighted by Gasteiger charge is 2.27. The third-order valence-electron chi connectivity index (χ3n) is 8.86.